The Hall–Kier alpha value is -1.59. The van der Waals surface area contributed by atoms with Gasteiger partial charge in [0.2, 0.25) is 5.95 Å². The molecule has 0 spiro atoms. The fourth-order valence-electron chi connectivity index (χ4n) is 1.54. The molecule has 0 aliphatic carbocycles. The van der Waals surface area contributed by atoms with Gasteiger partial charge in [-0.2, -0.15) is 0 Å². The number of hydrogen-bond donors (Lipinski definition) is 1. The molecule has 0 atom stereocenters. The summed E-state index contributed by atoms with van der Waals surface area (Å²) in [6.07, 6.45) is 3.44. The van der Waals surface area contributed by atoms with Crippen molar-refractivity contribution in [1.29, 1.82) is 0 Å². The van der Waals surface area contributed by atoms with Gasteiger partial charge in [0.15, 0.2) is 0 Å². The van der Waals surface area contributed by atoms with Gasteiger partial charge >= 0.3 is 0 Å². The Morgan fingerprint density at radius 2 is 2.33 bits per heavy atom. The minimum Gasteiger partial charge on any atom is -0.383 e. The van der Waals surface area contributed by atoms with Crippen LogP contribution in [0.1, 0.15) is 0 Å². The Morgan fingerprint density at radius 3 is 3.06 bits per heavy atom. The third-order valence-electron chi connectivity index (χ3n) is 2.41. The first-order valence-electron chi connectivity index (χ1n) is 5.44. The van der Waals surface area contributed by atoms with Gasteiger partial charge < -0.3 is 10.1 Å². The maximum Gasteiger partial charge on any atom is 0.207 e. The highest BCUT2D eigenvalue weighted by molar-refractivity contribution is 6.30. The summed E-state index contributed by atoms with van der Waals surface area (Å²) in [4.78, 5) is 4.18. The Labute approximate surface area is 109 Å². The lowest BCUT2D eigenvalue weighted by atomic mass is 10.3. The van der Waals surface area contributed by atoms with Gasteiger partial charge in [-0.05, 0) is 18.2 Å². The van der Waals surface area contributed by atoms with Gasteiger partial charge in [0.05, 0.1) is 17.3 Å². The molecule has 4 nitrogen and oxygen atoms in total. The second-order valence-corrected chi connectivity index (χ2v) is 4.05. The molecule has 0 unspecified atom stereocenters. The molecular formula is C12H13ClFN3O. The first-order valence-corrected chi connectivity index (χ1v) is 5.81. The average Bonchev–Trinajstić information content (AvgIpc) is 2.81. The van der Waals surface area contributed by atoms with Crippen LogP contribution in [-0.4, -0.2) is 29.8 Å². The maximum absolute atomic E-state index is 13.1. The van der Waals surface area contributed by atoms with E-state index in [0.717, 1.165) is 5.69 Å². The molecule has 0 amide bonds. The van der Waals surface area contributed by atoms with E-state index in [2.05, 4.69) is 10.3 Å². The van der Waals surface area contributed by atoms with E-state index in [1.54, 1.807) is 36.2 Å². The number of benzene rings is 1. The lowest BCUT2D eigenvalue weighted by molar-refractivity contribution is 0.210. The van der Waals surface area contributed by atoms with Crippen molar-refractivity contribution in [3.05, 3.63) is 41.4 Å². The summed E-state index contributed by atoms with van der Waals surface area (Å²) in [5.41, 5.74) is 0.749. The predicted molar refractivity (Wildman–Crippen MR) is 68.9 cm³/mol. The summed E-state index contributed by atoms with van der Waals surface area (Å²) in [6.45, 7) is 1.22. The van der Waals surface area contributed by atoms with Crippen molar-refractivity contribution in [1.82, 2.24) is 9.55 Å². The van der Waals surface area contributed by atoms with Crippen molar-refractivity contribution < 1.29 is 9.13 Å². The summed E-state index contributed by atoms with van der Waals surface area (Å²) < 4.78 is 19.8. The van der Waals surface area contributed by atoms with Crippen molar-refractivity contribution in [3.63, 3.8) is 0 Å². The van der Waals surface area contributed by atoms with Gasteiger partial charge in [-0.25, -0.2) is 9.37 Å². The van der Waals surface area contributed by atoms with Gasteiger partial charge in [0.1, 0.15) is 5.82 Å². The number of methoxy groups -OCH3 is 1. The van der Waals surface area contributed by atoms with Crippen molar-refractivity contribution in [2.75, 3.05) is 25.6 Å². The molecule has 2 rings (SSSR count). The Morgan fingerprint density at radius 1 is 1.50 bits per heavy atom. The van der Waals surface area contributed by atoms with Crippen LogP contribution in [0.4, 0.5) is 10.3 Å². The second-order valence-electron chi connectivity index (χ2n) is 3.64. The van der Waals surface area contributed by atoms with Crippen LogP contribution in [0.3, 0.4) is 0 Å². The van der Waals surface area contributed by atoms with E-state index in [9.17, 15) is 4.39 Å². The third kappa shape index (κ3) is 2.80. The highest BCUT2D eigenvalue weighted by Gasteiger charge is 2.06. The molecule has 0 aliphatic heterocycles. The molecule has 0 aliphatic rings. The highest BCUT2D eigenvalue weighted by atomic mass is 35.5. The van der Waals surface area contributed by atoms with Crippen molar-refractivity contribution in [2.24, 2.45) is 0 Å². The van der Waals surface area contributed by atoms with Crippen LogP contribution in [0.5, 0.6) is 0 Å². The number of ether oxygens (including phenoxy) is 1. The van der Waals surface area contributed by atoms with Crippen molar-refractivity contribution >= 4 is 17.5 Å². The van der Waals surface area contributed by atoms with Gasteiger partial charge in [-0.3, -0.25) is 4.57 Å². The lowest BCUT2D eigenvalue weighted by Crippen LogP contribution is -2.11. The Kier molecular flexibility index (Phi) is 4.17. The molecule has 0 saturated carbocycles. The van der Waals surface area contributed by atoms with E-state index >= 15 is 0 Å². The zero-order chi connectivity index (χ0) is 13.0. The minimum atomic E-state index is -0.436. The summed E-state index contributed by atoms with van der Waals surface area (Å²) in [7, 11) is 1.63. The van der Waals surface area contributed by atoms with E-state index in [0.29, 0.717) is 19.1 Å². The molecule has 0 fully saturated rings. The number of anilines is 1. The molecule has 1 aromatic heterocycles. The molecule has 1 N–H and O–H groups in total. The monoisotopic (exact) mass is 269 g/mol. The van der Waals surface area contributed by atoms with E-state index < -0.39 is 5.82 Å². The number of rotatable bonds is 5. The van der Waals surface area contributed by atoms with Crippen LogP contribution < -0.4 is 5.32 Å². The van der Waals surface area contributed by atoms with Crippen LogP contribution in [0.25, 0.3) is 5.69 Å². The number of hydrogen-bond acceptors (Lipinski definition) is 3. The highest BCUT2D eigenvalue weighted by Crippen LogP contribution is 2.21. The smallest absolute Gasteiger partial charge is 0.207 e. The van der Waals surface area contributed by atoms with E-state index in [1.807, 2.05) is 0 Å². The van der Waals surface area contributed by atoms with Gasteiger partial charge in [0.25, 0.3) is 0 Å². The lowest BCUT2D eigenvalue weighted by Gasteiger charge is -2.10. The Balaban J connectivity index is 2.22. The number of nitrogens with one attached hydrogen (secondary N) is 1. The van der Waals surface area contributed by atoms with E-state index in [4.69, 9.17) is 16.3 Å². The zero-order valence-electron chi connectivity index (χ0n) is 9.86. The van der Waals surface area contributed by atoms with Crippen LogP contribution >= 0.6 is 11.6 Å². The summed E-state index contributed by atoms with van der Waals surface area (Å²) in [5.74, 6) is 0.226. The van der Waals surface area contributed by atoms with Crippen LogP contribution in [0, 0.1) is 5.82 Å². The molecule has 96 valence electrons. The predicted octanol–water partition coefficient (Wildman–Crippen LogP) is 2.72. The minimum absolute atomic E-state index is 0.0871. The molecule has 18 heavy (non-hydrogen) atoms. The SMILES string of the molecule is COCCNc1nccn1-c1ccc(F)c(Cl)c1. The first kappa shape index (κ1) is 12.9. The molecule has 1 aromatic carbocycles. The zero-order valence-corrected chi connectivity index (χ0v) is 10.6. The second kappa shape index (κ2) is 5.84. The summed E-state index contributed by atoms with van der Waals surface area (Å²) in [5, 5.41) is 3.20. The summed E-state index contributed by atoms with van der Waals surface area (Å²) in [6, 6.07) is 4.53. The maximum atomic E-state index is 13.1. The topological polar surface area (TPSA) is 39.1 Å². The van der Waals surface area contributed by atoms with Crippen molar-refractivity contribution in [3.8, 4) is 5.69 Å². The van der Waals surface area contributed by atoms with Gasteiger partial charge in [-0.1, -0.05) is 11.6 Å². The molecule has 2 aromatic rings. The van der Waals surface area contributed by atoms with Gasteiger partial charge in [0, 0.05) is 26.0 Å². The molecule has 6 heteroatoms. The number of nitrogens with zero attached hydrogens (tertiary/aromatic N) is 2. The quantitative estimate of drug-likeness (QED) is 0.849. The third-order valence-corrected chi connectivity index (χ3v) is 2.70. The molecule has 0 radical (unpaired) electrons. The summed E-state index contributed by atoms with van der Waals surface area (Å²) >= 11 is 5.76. The van der Waals surface area contributed by atoms with Crippen LogP contribution in [-0.2, 0) is 4.74 Å². The van der Waals surface area contributed by atoms with E-state index in [1.165, 1.54) is 6.07 Å². The normalized spacial score (nSPS) is 10.6. The standard InChI is InChI=1S/C12H13ClFN3O/c1-18-7-5-16-12-15-4-6-17(12)9-2-3-11(14)10(13)8-9/h2-4,6,8H,5,7H2,1H3,(H,15,16). The molecular weight excluding hydrogens is 257 g/mol. The largest absolute Gasteiger partial charge is 0.383 e. The number of imidazole rings is 1. The number of halogens is 2. The molecule has 1 heterocycles. The fraction of sp³-hybridized carbons (Fsp3) is 0.250. The Bertz CT molecular complexity index is 530. The fourth-order valence-corrected chi connectivity index (χ4v) is 1.72. The first-order chi connectivity index (χ1) is 8.72. The number of aromatic nitrogens is 2. The molecule has 0 saturated heterocycles. The van der Waals surface area contributed by atoms with Crippen LogP contribution in [0.2, 0.25) is 5.02 Å². The molecule has 0 bridgehead atoms. The van der Waals surface area contributed by atoms with E-state index in [-0.39, 0.29) is 5.02 Å². The van der Waals surface area contributed by atoms with Gasteiger partial charge in [-0.15, -0.1) is 0 Å². The average molecular weight is 270 g/mol. The van der Waals surface area contributed by atoms with Crippen molar-refractivity contribution in [2.45, 2.75) is 0 Å². The van der Waals surface area contributed by atoms with Crippen LogP contribution in [0.15, 0.2) is 30.6 Å².